The number of benzene rings is 1. The summed E-state index contributed by atoms with van der Waals surface area (Å²) in [5.74, 6) is -7.25. The van der Waals surface area contributed by atoms with Crippen molar-refractivity contribution in [3.63, 3.8) is 0 Å². The van der Waals surface area contributed by atoms with Crippen LogP contribution in [0.15, 0.2) is 18.3 Å². The molecule has 0 saturated heterocycles. The van der Waals surface area contributed by atoms with Gasteiger partial charge < -0.3 is 15.6 Å². The first-order valence-electron chi connectivity index (χ1n) is 8.18. The van der Waals surface area contributed by atoms with Gasteiger partial charge in [0, 0.05) is 37.0 Å². The molecule has 0 spiro atoms. The van der Waals surface area contributed by atoms with E-state index in [0.717, 1.165) is 12.1 Å². The number of carbonyl (C=O) groups is 2. The fraction of sp³-hybridized carbons (Fsp3) is 0.412. The summed E-state index contributed by atoms with van der Waals surface area (Å²) in [6, 6.07) is 1.84. The number of nitrogens with one attached hydrogen (secondary N) is 3. The van der Waals surface area contributed by atoms with Crippen LogP contribution in [0.5, 0.6) is 0 Å². The van der Waals surface area contributed by atoms with E-state index in [9.17, 15) is 27.2 Å². The van der Waals surface area contributed by atoms with E-state index in [1.54, 1.807) is 0 Å². The SMILES string of the molecule is O=C(NCC1CCCC(F)(F)C1)C(=O)Nc1c[nH]c2cc(F)c(F)cc12. The summed E-state index contributed by atoms with van der Waals surface area (Å²) in [5.41, 5.74) is 0.368. The zero-order valence-corrected chi connectivity index (χ0v) is 13.7. The summed E-state index contributed by atoms with van der Waals surface area (Å²) < 4.78 is 53.2. The van der Waals surface area contributed by atoms with Crippen molar-refractivity contribution in [3.05, 3.63) is 30.0 Å². The Balaban J connectivity index is 1.59. The number of hydrogen-bond donors (Lipinski definition) is 3. The minimum Gasteiger partial charge on any atom is -0.359 e. The third-order valence-electron chi connectivity index (χ3n) is 4.47. The van der Waals surface area contributed by atoms with Crippen LogP contribution in [0.3, 0.4) is 0 Å². The van der Waals surface area contributed by atoms with Crippen LogP contribution in [0.2, 0.25) is 0 Å². The average Bonchev–Trinajstić information content (AvgIpc) is 2.94. The Morgan fingerprint density at radius 2 is 1.92 bits per heavy atom. The Hall–Kier alpha value is -2.58. The highest BCUT2D eigenvalue weighted by molar-refractivity contribution is 6.40. The number of hydrogen-bond acceptors (Lipinski definition) is 2. The molecule has 3 rings (SSSR count). The van der Waals surface area contributed by atoms with Crippen LogP contribution in [0.1, 0.15) is 25.7 Å². The minimum atomic E-state index is -2.74. The van der Waals surface area contributed by atoms with E-state index in [0.29, 0.717) is 12.8 Å². The smallest absolute Gasteiger partial charge is 0.313 e. The number of aromatic nitrogens is 1. The number of halogens is 4. The van der Waals surface area contributed by atoms with E-state index in [4.69, 9.17) is 0 Å². The van der Waals surface area contributed by atoms with Crippen molar-refractivity contribution in [1.29, 1.82) is 0 Å². The summed E-state index contributed by atoms with van der Waals surface area (Å²) >= 11 is 0. The lowest BCUT2D eigenvalue weighted by molar-refractivity contribution is -0.136. The van der Waals surface area contributed by atoms with Crippen molar-refractivity contribution >= 4 is 28.4 Å². The summed E-state index contributed by atoms with van der Waals surface area (Å²) in [5, 5.41) is 4.84. The van der Waals surface area contributed by atoms with Gasteiger partial charge in [0.25, 0.3) is 0 Å². The van der Waals surface area contributed by atoms with Crippen molar-refractivity contribution in [2.45, 2.75) is 31.6 Å². The molecular formula is C17H17F4N3O2. The van der Waals surface area contributed by atoms with Crippen molar-refractivity contribution in [3.8, 4) is 0 Å². The van der Waals surface area contributed by atoms with Crippen molar-refractivity contribution < 1.29 is 27.2 Å². The monoisotopic (exact) mass is 371 g/mol. The lowest BCUT2D eigenvalue weighted by Gasteiger charge is -2.28. The molecule has 0 radical (unpaired) electrons. The van der Waals surface area contributed by atoms with Crippen LogP contribution in [0, 0.1) is 17.6 Å². The minimum absolute atomic E-state index is 0.0183. The third kappa shape index (κ3) is 3.97. The van der Waals surface area contributed by atoms with Crippen LogP contribution >= 0.6 is 0 Å². The molecule has 0 aliphatic heterocycles. The molecule has 26 heavy (non-hydrogen) atoms. The van der Waals surface area contributed by atoms with Gasteiger partial charge >= 0.3 is 11.8 Å². The molecule has 140 valence electrons. The van der Waals surface area contributed by atoms with Crippen molar-refractivity contribution in [2.24, 2.45) is 5.92 Å². The number of alkyl halides is 2. The predicted octanol–water partition coefficient (Wildman–Crippen LogP) is 3.33. The summed E-state index contributed by atoms with van der Waals surface area (Å²) in [6.07, 6.45) is 1.76. The molecule has 1 saturated carbocycles. The van der Waals surface area contributed by atoms with E-state index in [1.165, 1.54) is 6.20 Å². The van der Waals surface area contributed by atoms with Gasteiger partial charge in [0.1, 0.15) is 0 Å². The van der Waals surface area contributed by atoms with E-state index in [1.807, 2.05) is 0 Å². The molecule has 3 N–H and O–H groups in total. The maximum absolute atomic E-state index is 13.3. The third-order valence-corrected chi connectivity index (χ3v) is 4.47. The first kappa shape index (κ1) is 18.2. The highest BCUT2D eigenvalue weighted by atomic mass is 19.3. The lowest BCUT2D eigenvalue weighted by atomic mass is 9.86. The fourth-order valence-corrected chi connectivity index (χ4v) is 3.17. The van der Waals surface area contributed by atoms with Crippen LogP contribution < -0.4 is 10.6 Å². The van der Waals surface area contributed by atoms with Gasteiger partial charge in [-0.2, -0.15) is 0 Å². The molecule has 1 aromatic carbocycles. The number of rotatable bonds is 3. The average molecular weight is 371 g/mol. The number of fused-ring (bicyclic) bond motifs is 1. The number of H-pyrrole nitrogens is 1. The van der Waals surface area contributed by atoms with Gasteiger partial charge in [0.05, 0.1) is 11.2 Å². The molecule has 5 nitrogen and oxygen atoms in total. The molecule has 1 aromatic heterocycles. The lowest BCUT2D eigenvalue weighted by Crippen LogP contribution is -2.40. The Labute approximate surface area is 146 Å². The second kappa shape index (κ2) is 6.97. The number of carbonyl (C=O) groups excluding carboxylic acids is 2. The van der Waals surface area contributed by atoms with Gasteiger partial charge in [-0.25, -0.2) is 17.6 Å². The maximum atomic E-state index is 13.3. The molecule has 0 bridgehead atoms. The number of anilines is 1. The van der Waals surface area contributed by atoms with Gasteiger partial charge in [-0.3, -0.25) is 9.59 Å². The van der Waals surface area contributed by atoms with Gasteiger partial charge in [-0.1, -0.05) is 0 Å². The van der Waals surface area contributed by atoms with E-state index >= 15 is 0 Å². The highest BCUT2D eigenvalue weighted by Gasteiger charge is 2.36. The molecule has 1 aliphatic rings. The Bertz CT molecular complexity index is 850. The van der Waals surface area contributed by atoms with Crippen molar-refractivity contribution in [2.75, 3.05) is 11.9 Å². The van der Waals surface area contributed by atoms with E-state index < -0.39 is 29.4 Å². The van der Waals surface area contributed by atoms with Gasteiger partial charge in [-0.05, 0) is 24.8 Å². The summed E-state index contributed by atoms with van der Waals surface area (Å²) in [6.45, 7) is -0.0183. The van der Waals surface area contributed by atoms with E-state index in [-0.39, 0.29) is 41.9 Å². The summed E-state index contributed by atoms with van der Waals surface area (Å²) in [4.78, 5) is 26.5. The fourth-order valence-electron chi connectivity index (χ4n) is 3.17. The van der Waals surface area contributed by atoms with Gasteiger partial charge in [0.15, 0.2) is 11.6 Å². The molecule has 1 aliphatic carbocycles. The molecule has 1 heterocycles. The van der Waals surface area contributed by atoms with Gasteiger partial charge in [-0.15, -0.1) is 0 Å². The topological polar surface area (TPSA) is 74.0 Å². The molecule has 1 unspecified atom stereocenters. The first-order valence-corrected chi connectivity index (χ1v) is 8.18. The molecule has 1 atom stereocenters. The Morgan fingerprint density at radius 3 is 2.65 bits per heavy atom. The molecule has 2 amide bonds. The van der Waals surface area contributed by atoms with Crippen molar-refractivity contribution in [1.82, 2.24) is 10.3 Å². The highest BCUT2D eigenvalue weighted by Crippen LogP contribution is 2.36. The Kier molecular flexibility index (Phi) is 4.88. The van der Waals surface area contributed by atoms with Gasteiger partial charge in [0.2, 0.25) is 5.92 Å². The second-order valence-corrected chi connectivity index (χ2v) is 6.50. The van der Waals surface area contributed by atoms with E-state index in [2.05, 4.69) is 15.6 Å². The largest absolute Gasteiger partial charge is 0.359 e. The molecule has 1 fully saturated rings. The standard InChI is InChI=1S/C17H17F4N3O2/c18-11-4-10-13(5-12(11)19)22-8-14(10)24-16(26)15(25)23-7-9-2-1-3-17(20,21)6-9/h4-5,8-9,22H,1-3,6-7H2,(H,23,25)(H,24,26). The second-order valence-electron chi connectivity index (χ2n) is 6.50. The number of amides is 2. The first-order chi connectivity index (χ1) is 12.2. The summed E-state index contributed by atoms with van der Waals surface area (Å²) in [7, 11) is 0. The zero-order valence-electron chi connectivity index (χ0n) is 13.7. The van der Waals surface area contributed by atoms with Crippen LogP contribution in [0.25, 0.3) is 10.9 Å². The number of aromatic amines is 1. The quantitative estimate of drug-likeness (QED) is 0.572. The van der Waals surface area contributed by atoms with Crippen LogP contribution in [-0.2, 0) is 9.59 Å². The molecule has 2 aromatic rings. The molecular weight excluding hydrogens is 354 g/mol. The normalized spacial score (nSPS) is 19.3. The van der Waals surface area contributed by atoms with Crippen LogP contribution in [-0.4, -0.2) is 29.3 Å². The zero-order chi connectivity index (χ0) is 18.9. The maximum Gasteiger partial charge on any atom is 0.313 e. The van der Waals surface area contributed by atoms with Crippen LogP contribution in [0.4, 0.5) is 23.2 Å². The Morgan fingerprint density at radius 1 is 1.19 bits per heavy atom. The predicted molar refractivity (Wildman–Crippen MR) is 86.8 cm³/mol. The molecule has 9 heteroatoms.